The molecule has 0 amide bonds. The molecule has 0 aliphatic rings. The quantitative estimate of drug-likeness (QED) is 0.598. The van der Waals surface area contributed by atoms with E-state index in [-0.39, 0.29) is 5.75 Å². The number of hydrogen-bond acceptors (Lipinski definition) is 4. The summed E-state index contributed by atoms with van der Waals surface area (Å²) in [6.45, 7) is 3.81. The number of aryl methyl sites for hydroxylation is 1. The standard InChI is InChI=1S/C11H13N3OS/c1-7(2)12-13-11-14(3)9-5-4-8(15)6-10(9)16-11/h4-6,15H,1-3H3. The second kappa shape index (κ2) is 4.09. The number of thiazole rings is 1. The van der Waals surface area contributed by atoms with Gasteiger partial charge in [0.25, 0.3) is 0 Å². The van der Waals surface area contributed by atoms with Gasteiger partial charge in [-0.3, -0.25) is 0 Å². The molecule has 2 rings (SSSR count). The summed E-state index contributed by atoms with van der Waals surface area (Å²) in [5.74, 6) is 0.274. The molecule has 0 atom stereocenters. The highest BCUT2D eigenvalue weighted by atomic mass is 32.1. The Kier molecular flexibility index (Phi) is 2.78. The van der Waals surface area contributed by atoms with Gasteiger partial charge in [0.1, 0.15) is 5.75 Å². The van der Waals surface area contributed by atoms with Crippen molar-refractivity contribution in [3.8, 4) is 5.75 Å². The number of hydrogen-bond donors (Lipinski definition) is 1. The van der Waals surface area contributed by atoms with Gasteiger partial charge in [0, 0.05) is 12.8 Å². The summed E-state index contributed by atoms with van der Waals surface area (Å²) < 4.78 is 2.97. The second-order valence-electron chi connectivity index (χ2n) is 3.74. The molecule has 5 heteroatoms. The van der Waals surface area contributed by atoms with Crippen LogP contribution in [0.3, 0.4) is 0 Å². The number of rotatable bonds is 1. The van der Waals surface area contributed by atoms with E-state index < -0.39 is 0 Å². The van der Waals surface area contributed by atoms with Gasteiger partial charge >= 0.3 is 0 Å². The molecule has 84 valence electrons. The van der Waals surface area contributed by atoms with Crippen LogP contribution in [0, 0.1) is 0 Å². The number of phenolic OH excluding ortho intramolecular Hbond substituents is 1. The third kappa shape index (κ3) is 1.99. The van der Waals surface area contributed by atoms with Crippen molar-refractivity contribution in [2.75, 3.05) is 0 Å². The zero-order valence-electron chi connectivity index (χ0n) is 9.43. The predicted molar refractivity (Wildman–Crippen MR) is 66.8 cm³/mol. The lowest BCUT2D eigenvalue weighted by molar-refractivity contribution is 0.476. The van der Waals surface area contributed by atoms with Gasteiger partial charge in [-0.2, -0.15) is 5.10 Å². The zero-order valence-corrected chi connectivity index (χ0v) is 10.2. The molecule has 0 saturated carbocycles. The summed E-state index contributed by atoms with van der Waals surface area (Å²) in [4.78, 5) is 0.821. The number of aromatic hydroxyl groups is 1. The van der Waals surface area contributed by atoms with Gasteiger partial charge in [-0.1, -0.05) is 11.3 Å². The molecule has 0 radical (unpaired) electrons. The number of phenols is 1. The van der Waals surface area contributed by atoms with Crippen molar-refractivity contribution in [1.29, 1.82) is 0 Å². The van der Waals surface area contributed by atoms with Crippen LogP contribution in [0.1, 0.15) is 13.8 Å². The van der Waals surface area contributed by atoms with Gasteiger partial charge in [-0.15, -0.1) is 5.10 Å². The van der Waals surface area contributed by atoms with Crippen LogP contribution in [0.25, 0.3) is 10.2 Å². The lowest BCUT2D eigenvalue weighted by Gasteiger charge is -1.94. The Hall–Kier alpha value is -1.62. The van der Waals surface area contributed by atoms with E-state index in [1.54, 1.807) is 12.1 Å². The SMILES string of the molecule is CC(C)=NN=c1sc2cc(O)ccc2n1C. The fraction of sp³-hybridized carbons (Fsp3) is 0.273. The van der Waals surface area contributed by atoms with Gasteiger partial charge in [0.2, 0.25) is 4.80 Å². The van der Waals surface area contributed by atoms with E-state index in [9.17, 15) is 5.11 Å². The molecule has 0 unspecified atom stereocenters. The Labute approximate surface area is 97.2 Å². The van der Waals surface area contributed by atoms with E-state index in [1.165, 1.54) is 11.3 Å². The molecule has 0 aliphatic heterocycles. The largest absolute Gasteiger partial charge is 0.508 e. The average Bonchev–Trinajstić information content (AvgIpc) is 2.52. The molecule has 0 spiro atoms. The molecule has 1 aromatic heterocycles. The maximum atomic E-state index is 9.39. The third-order valence-corrected chi connectivity index (χ3v) is 3.21. The van der Waals surface area contributed by atoms with E-state index in [0.717, 1.165) is 20.7 Å². The van der Waals surface area contributed by atoms with E-state index >= 15 is 0 Å². The van der Waals surface area contributed by atoms with Crippen LogP contribution in [0.2, 0.25) is 0 Å². The first-order chi connectivity index (χ1) is 7.58. The average molecular weight is 235 g/mol. The van der Waals surface area contributed by atoms with Crippen LogP contribution in [-0.2, 0) is 7.05 Å². The van der Waals surface area contributed by atoms with Crippen LogP contribution >= 0.6 is 11.3 Å². The fourth-order valence-electron chi connectivity index (χ4n) is 1.36. The molecule has 1 heterocycles. The Bertz CT molecular complexity index is 618. The summed E-state index contributed by atoms with van der Waals surface area (Å²) >= 11 is 1.51. The number of nitrogens with zero attached hydrogens (tertiary/aromatic N) is 3. The first-order valence-electron chi connectivity index (χ1n) is 4.91. The van der Waals surface area contributed by atoms with Crippen LogP contribution in [0.15, 0.2) is 28.4 Å². The first-order valence-corrected chi connectivity index (χ1v) is 5.73. The lowest BCUT2D eigenvalue weighted by atomic mass is 10.3. The van der Waals surface area contributed by atoms with Crippen molar-refractivity contribution in [1.82, 2.24) is 4.57 Å². The molecule has 1 aromatic carbocycles. The summed E-state index contributed by atoms with van der Waals surface area (Å²) in [6.07, 6.45) is 0. The van der Waals surface area contributed by atoms with E-state index in [4.69, 9.17) is 0 Å². The van der Waals surface area contributed by atoms with Gasteiger partial charge < -0.3 is 9.67 Å². The second-order valence-corrected chi connectivity index (χ2v) is 4.75. The Morgan fingerprint density at radius 2 is 2.12 bits per heavy atom. The lowest BCUT2D eigenvalue weighted by Crippen LogP contribution is -2.09. The minimum atomic E-state index is 0.274. The highest BCUT2D eigenvalue weighted by Gasteiger charge is 2.02. The normalized spacial score (nSPS) is 12.1. The number of aromatic nitrogens is 1. The topological polar surface area (TPSA) is 49.9 Å². The van der Waals surface area contributed by atoms with Crippen LogP contribution in [-0.4, -0.2) is 15.4 Å². The molecule has 2 aromatic rings. The molecular weight excluding hydrogens is 222 g/mol. The summed E-state index contributed by atoms with van der Waals surface area (Å²) in [5, 5.41) is 17.6. The van der Waals surface area contributed by atoms with Gasteiger partial charge in [-0.05, 0) is 32.0 Å². The van der Waals surface area contributed by atoms with E-state index in [2.05, 4.69) is 10.2 Å². The molecule has 0 aliphatic carbocycles. The Morgan fingerprint density at radius 1 is 1.38 bits per heavy atom. The molecular formula is C11H13N3OS. The number of benzene rings is 1. The monoisotopic (exact) mass is 235 g/mol. The summed E-state index contributed by atoms with van der Waals surface area (Å²) in [7, 11) is 1.94. The minimum absolute atomic E-state index is 0.274. The molecule has 0 bridgehead atoms. The van der Waals surface area contributed by atoms with Crippen molar-refractivity contribution in [3.63, 3.8) is 0 Å². The summed E-state index contributed by atoms with van der Waals surface area (Å²) in [5.41, 5.74) is 1.96. The smallest absolute Gasteiger partial charge is 0.211 e. The third-order valence-electron chi connectivity index (χ3n) is 2.13. The van der Waals surface area contributed by atoms with E-state index in [0.29, 0.717) is 0 Å². The van der Waals surface area contributed by atoms with Crippen LogP contribution in [0.5, 0.6) is 5.75 Å². The Morgan fingerprint density at radius 3 is 2.81 bits per heavy atom. The molecule has 1 N–H and O–H groups in total. The van der Waals surface area contributed by atoms with E-state index in [1.807, 2.05) is 31.5 Å². The zero-order chi connectivity index (χ0) is 11.7. The minimum Gasteiger partial charge on any atom is -0.508 e. The number of fused-ring (bicyclic) bond motifs is 1. The predicted octanol–water partition coefficient (Wildman–Crippen LogP) is 2.24. The van der Waals surface area contributed by atoms with Gasteiger partial charge in [-0.25, -0.2) is 0 Å². The maximum Gasteiger partial charge on any atom is 0.211 e. The molecule has 4 nitrogen and oxygen atoms in total. The molecule has 16 heavy (non-hydrogen) atoms. The van der Waals surface area contributed by atoms with Gasteiger partial charge in [0.15, 0.2) is 0 Å². The first kappa shape index (κ1) is 10.9. The van der Waals surface area contributed by atoms with Crippen LogP contribution < -0.4 is 4.80 Å². The summed E-state index contributed by atoms with van der Waals surface area (Å²) in [6, 6.07) is 5.29. The molecule has 0 fully saturated rings. The highest BCUT2D eigenvalue weighted by molar-refractivity contribution is 7.16. The fourth-order valence-corrected chi connectivity index (χ4v) is 2.36. The van der Waals surface area contributed by atoms with Crippen molar-refractivity contribution in [2.24, 2.45) is 17.3 Å². The van der Waals surface area contributed by atoms with Crippen LogP contribution in [0.4, 0.5) is 0 Å². The van der Waals surface area contributed by atoms with Crippen molar-refractivity contribution in [3.05, 3.63) is 23.0 Å². The Balaban J connectivity index is 2.69. The van der Waals surface area contributed by atoms with Crippen molar-refractivity contribution in [2.45, 2.75) is 13.8 Å². The van der Waals surface area contributed by atoms with Crippen molar-refractivity contribution < 1.29 is 5.11 Å². The van der Waals surface area contributed by atoms with Gasteiger partial charge in [0.05, 0.1) is 10.2 Å². The molecule has 0 saturated heterocycles. The highest BCUT2D eigenvalue weighted by Crippen LogP contribution is 2.21. The maximum absolute atomic E-state index is 9.39. The van der Waals surface area contributed by atoms with Crippen molar-refractivity contribution >= 4 is 27.3 Å².